The smallest absolute Gasteiger partial charge is 0.345 e. The molecule has 5 rings (SSSR count). The SMILES string of the molecule is FC(F)(F)c1cc(Cl)c2nc(-c3nc(-c4ccc5[nH]cnc5c4)no3)cn2c1. The third-order valence-electron chi connectivity index (χ3n) is 4.16. The summed E-state index contributed by atoms with van der Waals surface area (Å²) in [4.78, 5) is 15.6. The van der Waals surface area contributed by atoms with Gasteiger partial charge in [0, 0.05) is 18.0 Å². The van der Waals surface area contributed by atoms with Crippen LogP contribution >= 0.6 is 11.6 Å². The number of benzene rings is 1. The van der Waals surface area contributed by atoms with Crippen LogP contribution in [0.2, 0.25) is 5.02 Å². The molecule has 0 spiro atoms. The van der Waals surface area contributed by atoms with E-state index in [0.717, 1.165) is 23.3 Å². The molecule has 0 bridgehead atoms. The van der Waals surface area contributed by atoms with E-state index in [1.54, 1.807) is 18.5 Å². The molecular weight excluding hydrogens is 397 g/mol. The highest BCUT2D eigenvalue weighted by molar-refractivity contribution is 6.33. The molecule has 28 heavy (non-hydrogen) atoms. The largest absolute Gasteiger partial charge is 0.417 e. The molecule has 0 aliphatic heterocycles. The molecule has 1 aromatic carbocycles. The number of aromatic amines is 1. The lowest BCUT2D eigenvalue weighted by Crippen LogP contribution is -2.06. The van der Waals surface area contributed by atoms with E-state index in [2.05, 4.69) is 25.1 Å². The summed E-state index contributed by atoms with van der Waals surface area (Å²) in [5.74, 6) is 0.365. The first-order valence-corrected chi connectivity index (χ1v) is 8.29. The minimum absolute atomic E-state index is 0.0606. The molecule has 4 aromatic heterocycles. The van der Waals surface area contributed by atoms with Crippen molar-refractivity contribution in [2.24, 2.45) is 0 Å². The molecule has 0 amide bonds. The maximum Gasteiger partial charge on any atom is 0.417 e. The zero-order chi connectivity index (χ0) is 19.5. The first kappa shape index (κ1) is 16.8. The van der Waals surface area contributed by atoms with Crippen LogP contribution in [0.5, 0.6) is 0 Å². The number of hydrogen-bond donors (Lipinski definition) is 1. The summed E-state index contributed by atoms with van der Waals surface area (Å²) < 4.78 is 45.3. The van der Waals surface area contributed by atoms with Gasteiger partial charge in [-0.1, -0.05) is 16.8 Å². The summed E-state index contributed by atoms with van der Waals surface area (Å²) in [7, 11) is 0. The normalized spacial score (nSPS) is 12.3. The molecule has 0 saturated heterocycles. The van der Waals surface area contributed by atoms with Gasteiger partial charge in [-0.2, -0.15) is 18.2 Å². The van der Waals surface area contributed by atoms with Crippen LogP contribution in [0.3, 0.4) is 0 Å². The Morgan fingerprint density at radius 3 is 2.79 bits per heavy atom. The van der Waals surface area contributed by atoms with Gasteiger partial charge in [0.2, 0.25) is 5.82 Å². The van der Waals surface area contributed by atoms with Crippen molar-refractivity contribution < 1.29 is 17.7 Å². The van der Waals surface area contributed by atoms with Gasteiger partial charge >= 0.3 is 6.18 Å². The third-order valence-corrected chi connectivity index (χ3v) is 4.44. The van der Waals surface area contributed by atoms with Crippen LogP contribution in [0, 0.1) is 0 Å². The molecule has 1 N–H and O–H groups in total. The highest BCUT2D eigenvalue weighted by Crippen LogP contribution is 2.33. The highest BCUT2D eigenvalue weighted by atomic mass is 35.5. The van der Waals surface area contributed by atoms with E-state index in [1.165, 1.54) is 10.6 Å². The summed E-state index contributed by atoms with van der Waals surface area (Å²) in [5.41, 5.74) is 1.76. The average Bonchev–Trinajstić information content (AvgIpc) is 3.38. The van der Waals surface area contributed by atoms with Gasteiger partial charge in [0.05, 0.1) is 27.9 Å². The number of rotatable bonds is 2. The molecule has 140 valence electrons. The number of alkyl halides is 3. The second-order valence-corrected chi connectivity index (χ2v) is 6.40. The minimum Gasteiger partial charge on any atom is -0.345 e. The Morgan fingerprint density at radius 2 is 1.96 bits per heavy atom. The Morgan fingerprint density at radius 1 is 1.11 bits per heavy atom. The molecule has 0 aliphatic rings. The van der Waals surface area contributed by atoms with E-state index in [1.807, 2.05) is 6.07 Å². The van der Waals surface area contributed by atoms with Crippen molar-refractivity contribution in [3.63, 3.8) is 0 Å². The van der Waals surface area contributed by atoms with Crippen molar-refractivity contribution in [3.8, 4) is 23.0 Å². The number of aromatic nitrogens is 6. The first-order chi connectivity index (χ1) is 13.4. The Hall–Kier alpha value is -3.40. The molecule has 0 aliphatic carbocycles. The van der Waals surface area contributed by atoms with Gasteiger partial charge in [-0.3, -0.25) is 0 Å². The van der Waals surface area contributed by atoms with Crippen LogP contribution in [0.15, 0.2) is 47.5 Å². The number of pyridine rings is 1. The first-order valence-electron chi connectivity index (χ1n) is 7.91. The van der Waals surface area contributed by atoms with Gasteiger partial charge in [-0.15, -0.1) is 0 Å². The van der Waals surface area contributed by atoms with Crippen molar-refractivity contribution >= 4 is 28.3 Å². The monoisotopic (exact) mass is 404 g/mol. The second-order valence-electron chi connectivity index (χ2n) is 5.99. The van der Waals surface area contributed by atoms with Gasteiger partial charge < -0.3 is 13.9 Å². The van der Waals surface area contributed by atoms with Crippen molar-refractivity contribution in [2.75, 3.05) is 0 Å². The Kier molecular flexibility index (Phi) is 3.47. The van der Waals surface area contributed by atoms with Crippen LogP contribution in [0.1, 0.15) is 5.56 Å². The van der Waals surface area contributed by atoms with Gasteiger partial charge in [0.25, 0.3) is 5.89 Å². The van der Waals surface area contributed by atoms with Gasteiger partial charge in [0.1, 0.15) is 5.69 Å². The fourth-order valence-electron chi connectivity index (χ4n) is 2.83. The summed E-state index contributed by atoms with van der Waals surface area (Å²) in [5, 5.41) is 3.78. The topological polar surface area (TPSA) is 84.9 Å². The number of fused-ring (bicyclic) bond motifs is 2. The second kappa shape index (κ2) is 5.80. The van der Waals surface area contributed by atoms with Crippen molar-refractivity contribution in [3.05, 3.63) is 53.6 Å². The molecule has 11 heteroatoms. The summed E-state index contributed by atoms with van der Waals surface area (Å²) in [6.07, 6.45) is -0.693. The number of H-pyrrole nitrogens is 1. The molecule has 5 aromatic rings. The predicted molar refractivity (Wildman–Crippen MR) is 93.6 cm³/mol. The molecule has 0 unspecified atom stereocenters. The van der Waals surface area contributed by atoms with Gasteiger partial charge in [-0.25, -0.2) is 9.97 Å². The fraction of sp³-hybridized carbons (Fsp3) is 0.0588. The minimum atomic E-state index is -4.52. The molecule has 4 heterocycles. The predicted octanol–water partition coefficient (Wildman–Crippen LogP) is 4.60. The Labute approximate surface area is 158 Å². The standard InChI is InChI=1S/C17H8ClF3N6O/c18-10-4-9(17(19,20)21)5-27-6-13(24-15(10)27)16-25-14(26-28-16)8-1-2-11-12(3-8)23-7-22-11/h1-7H,(H,22,23). The molecular formula is C17H8ClF3N6O. The van der Waals surface area contributed by atoms with Crippen LogP contribution < -0.4 is 0 Å². The number of hydrogen-bond acceptors (Lipinski definition) is 5. The van der Waals surface area contributed by atoms with E-state index < -0.39 is 11.7 Å². The van der Waals surface area contributed by atoms with Crippen molar-refractivity contribution in [2.45, 2.75) is 6.18 Å². The third kappa shape index (κ3) is 2.69. The lowest BCUT2D eigenvalue weighted by atomic mass is 10.2. The maximum atomic E-state index is 13.0. The van der Waals surface area contributed by atoms with Crippen molar-refractivity contribution in [1.29, 1.82) is 0 Å². The highest BCUT2D eigenvalue weighted by Gasteiger charge is 2.32. The van der Waals surface area contributed by atoms with E-state index in [9.17, 15) is 13.2 Å². The van der Waals surface area contributed by atoms with Crippen molar-refractivity contribution in [1.82, 2.24) is 29.5 Å². The Bertz CT molecular complexity index is 1340. The Balaban J connectivity index is 1.56. The molecule has 0 atom stereocenters. The van der Waals surface area contributed by atoms with E-state index >= 15 is 0 Å². The van der Waals surface area contributed by atoms with Gasteiger partial charge in [-0.05, 0) is 24.3 Å². The van der Waals surface area contributed by atoms with E-state index in [-0.39, 0.29) is 22.3 Å². The summed E-state index contributed by atoms with van der Waals surface area (Å²) in [6, 6.07) is 6.24. The van der Waals surface area contributed by atoms with Crippen LogP contribution in [-0.4, -0.2) is 29.5 Å². The van der Waals surface area contributed by atoms with Crippen LogP contribution in [0.25, 0.3) is 39.7 Å². The summed E-state index contributed by atoms with van der Waals surface area (Å²) in [6.45, 7) is 0. The number of halogens is 4. The molecule has 0 saturated carbocycles. The lowest BCUT2D eigenvalue weighted by Gasteiger charge is -2.07. The zero-order valence-electron chi connectivity index (χ0n) is 13.7. The zero-order valence-corrected chi connectivity index (χ0v) is 14.5. The van der Waals surface area contributed by atoms with Gasteiger partial charge in [0.15, 0.2) is 5.65 Å². The van der Waals surface area contributed by atoms with Crippen LogP contribution in [0.4, 0.5) is 13.2 Å². The fourth-order valence-corrected chi connectivity index (χ4v) is 3.09. The lowest BCUT2D eigenvalue weighted by molar-refractivity contribution is -0.137. The molecule has 0 radical (unpaired) electrons. The van der Waals surface area contributed by atoms with E-state index in [0.29, 0.717) is 11.4 Å². The summed E-state index contributed by atoms with van der Waals surface area (Å²) >= 11 is 5.95. The van der Waals surface area contributed by atoms with E-state index in [4.69, 9.17) is 16.1 Å². The number of nitrogens with zero attached hydrogens (tertiary/aromatic N) is 5. The maximum absolute atomic E-state index is 13.0. The average molecular weight is 405 g/mol. The van der Waals surface area contributed by atoms with Crippen LogP contribution in [-0.2, 0) is 6.18 Å². The quantitative estimate of drug-likeness (QED) is 0.465. The molecule has 7 nitrogen and oxygen atoms in total. The number of imidazole rings is 2. The number of nitrogens with one attached hydrogen (secondary N) is 1. The molecule has 0 fully saturated rings.